The minimum Gasteiger partial charge on any atom is -0.462 e. The summed E-state index contributed by atoms with van der Waals surface area (Å²) in [6.45, 7) is 0.123. The van der Waals surface area contributed by atoms with E-state index in [4.69, 9.17) is 9.47 Å². The molecule has 0 aromatic carbocycles. The summed E-state index contributed by atoms with van der Waals surface area (Å²) in [7, 11) is 3.71. The smallest absolute Gasteiger partial charge is 0.351 e. The Bertz CT molecular complexity index is 1070. The first kappa shape index (κ1) is 22.5. The van der Waals surface area contributed by atoms with Crippen molar-refractivity contribution in [3.63, 3.8) is 0 Å². The standard InChI is InChI=1S/C23H27N5O5/c1-26-11-7-16(8-12-26)22(30)32-15-18-5-6-20(33-18)28-13-9-19(25-23(28)31)24-21(29)17-4-3-10-27(2)14-17/h3,7-14,16,18,20H,4-6,15H2,1-2H3,(H,24,25,29,31). The van der Waals surface area contributed by atoms with Crippen molar-refractivity contribution in [1.29, 1.82) is 0 Å². The fourth-order valence-corrected chi connectivity index (χ4v) is 3.75. The van der Waals surface area contributed by atoms with Crippen LogP contribution in [-0.2, 0) is 19.1 Å². The Morgan fingerprint density at radius 3 is 2.70 bits per heavy atom. The van der Waals surface area contributed by atoms with Crippen molar-refractivity contribution in [2.75, 3.05) is 26.0 Å². The van der Waals surface area contributed by atoms with Gasteiger partial charge in [-0.2, -0.15) is 4.98 Å². The molecule has 1 saturated heterocycles. The van der Waals surface area contributed by atoms with E-state index in [-0.39, 0.29) is 30.4 Å². The number of hydrogen-bond acceptors (Lipinski definition) is 8. The molecule has 10 heteroatoms. The number of anilines is 1. The van der Waals surface area contributed by atoms with Crippen LogP contribution in [0.25, 0.3) is 0 Å². The van der Waals surface area contributed by atoms with Crippen LogP contribution in [0, 0.1) is 5.92 Å². The molecule has 0 bridgehead atoms. The normalized spacial score (nSPS) is 22.4. The molecule has 1 fully saturated rings. The van der Waals surface area contributed by atoms with Gasteiger partial charge in [-0.25, -0.2) is 4.79 Å². The third-order valence-electron chi connectivity index (χ3n) is 5.54. The highest BCUT2D eigenvalue weighted by Crippen LogP contribution is 2.27. The van der Waals surface area contributed by atoms with E-state index in [1.54, 1.807) is 47.9 Å². The van der Waals surface area contributed by atoms with Crippen molar-refractivity contribution in [3.05, 3.63) is 71.3 Å². The first-order chi connectivity index (χ1) is 15.9. The number of ether oxygens (including phenoxy) is 2. The van der Waals surface area contributed by atoms with E-state index in [0.717, 1.165) is 0 Å². The lowest BCUT2D eigenvalue weighted by Crippen LogP contribution is -2.29. The second-order valence-electron chi connectivity index (χ2n) is 8.16. The number of esters is 1. The molecule has 1 N–H and O–H groups in total. The highest BCUT2D eigenvalue weighted by Gasteiger charge is 2.29. The number of amides is 1. The maximum Gasteiger partial charge on any atom is 0.351 e. The monoisotopic (exact) mass is 453 g/mol. The number of carbonyl (C=O) groups excluding carboxylic acids is 2. The van der Waals surface area contributed by atoms with Crippen LogP contribution in [0.3, 0.4) is 0 Å². The zero-order valence-electron chi connectivity index (χ0n) is 18.6. The lowest BCUT2D eigenvalue weighted by molar-refractivity contribution is -0.150. The summed E-state index contributed by atoms with van der Waals surface area (Å²) in [6, 6.07) is 1.57. The van der Waals surface area contributed by atoms with Crippen molar-refractivity contribution < 1.29 is 19.1 Å². The number of rotatable bonds is 6. The van der Waals surface area contributed by atoms with Crippen molar-refractivity contribution in [2.24, 2.45) is 5.92 Å². The molecular formula is C23H27N5O5. The third-order valence-corrected chi connectivity index (χ3v) is 5.54. The molecule has 3 aliphatic heterocycles. The first-order valence-corrected chi connectivity index (χ1v) is 10.8. The van der Waals surface area contributed by atoms with Gasteiger partial charge in [0, 0.05) is 44.5 Å². The molecule has 0 spiro atoms. The van der Waals surface area contributed by atoms with E-state index in [2.05, 4.69) is 10.3 Å². The lowest BCUT2D eigenvalue weighted by atomic mass is 10.1. The van der Waals surface area contributed by atoms with Crippen LogP contribution in [0.15, 0.2) is 65.7 Å². The maximum atomic E-state index is 12.5. The fourth-order valence-electron chi connectivity index (χ4n) is 3.75. The minimum atomic E-state index is -0.522. The van der Waals surface area contributed by atoms with Crippen LogP contribution in [0.1, 0.15) is 25.5 Å². The third kappa shape index (κ3) is 5.58. The van der Waals surface area contributed by atoms with Gasteiger partial charge in [0.05, 0.1) is 12.0 Å². The number of hydrogen-bond donors (Lipinski definition) is 1. The quantitative estimate of drug-likeness (QED) is 0.649. The molecule has 33 heavy (non-hydrogen) atoms. The Morgan fingerprint density at radius 1 is 1.18 bits per heavy atom. The van der Waals surface area contributed by atoms with E-state index in [0.29, 0.717) is 24.8 Å². The fraction of sp³-hybridized carbons (Fsp3) is 0.391. The van der Waals surface area contributed by atoms with E-state index in [1.165, 1.54) is 4.57 Å². The van der Waals surface area contributed by atoms with Crippen molar-refractivity contribution in [2.45, 2.75) is 31.6 Å². The minimum absolute atomic E-state index is 0.123. The van der Waals surface area contributed by atoms with Gasteiger partial charge in [-0.3, -0.25) is 14.2 Å². The molecule has 4 heterocycles. The number of aromatic nitrogens is 2. The van der Waals surface area contributed by atoms with Crippen LogP contribution in [-0.4, -0.2) is 58.0 Å². The number of nitrogens with one attached hydrogen (secondary N) is 1. The van der Waals surface area contributed by atoms with Gasteiger partial charge in [-0.1, -0.05) is 18.2 Å². The molecule has 3 aliphatic rings. The van der Waals surface area contributed by atoms with Gasteiger partial charge in [0.15, 0.2) is 0 Å². The highest BCUT2D eigenvalue weighted by atomic mass is 16.6. The SMILES string of the molecule is CN1C=CC(C(=O)OCC2CCC(n3ccc(NC(=O)C4=CN(C)C=CC4)nc3=O)O2)C=C1. The zero-order chi connectivity index (χ0) is 23.4. The molecule has 4 rings (SSSR count). The Hall–Kier alpha value is -3.66. The average molecular weight is 453 g/mol. The van der Waals surface area contributed by atoms with Crippen LogP contribution in [0.2, 0.25) is 0 Å². The Morgan fingerprint density at radius 2 is 1.97 bits per heavy atom. The Labute approximate surface area is 191 Å². The van der Waals surface area contributed by atoms with Crippen molar-refractivity contribution >= 4 is 17.7 Å². The molecule has 1 aromatic rings. The van der Waals surface area contributed by atoms with Gasteiger partial charge < -0.3 is 24.6 Å². The molecule has 0 saturated carbocycles. The van der Waals surface area contributed by atoms with Crippen LogP contribution < -0.4 is 11.0 Å². The van der Waals surface area contributed by atoms with Gasteiger partial charge in [0.2, 0.25) is 0 Å². The van der Waals surface area contributed by atoms with Crippen molar-refractivity contribution in [1.82, 2.24) is 19.4 Å². The van der Waals surface area contributed by atoms with Crippen LogP contribution >= 0.6 is 0 Å². The maximum absolute atomic E-state index is 12.5. The van der Waals surface area contributed by atoms with E-state index >= 15 is 0 Å². The molecular weight excluding hydrogens is 426 g/mol. The van der Waals surface area contributed by atoms with Crippen LogP contribution in [0.4, 0.5) is 5.82 Å². The van der Waals surface area contributed by atoms with E-state index in [9.17, 15) is 14.4 Å². The van der Waals surface area contributed by atoms with Gasteiger partial charge in [-0.05, 0) is 31.5 Å². The molecule has 10 nitrogen and oxygen atoms in total. The molecule has 0 radical (unpaired) electrons. The average Bonchev–Trinajstić information content (AvgIpc) is 3.27. The number of allylic oxidation sites excluding steroid dienone is 1. The van der Waals surface area contributed by atoms with Crippen LogP contribution in [0.5, 0.6) is 0 Å². The van der Waals surface area contributed by atoms with Crippen molar-refractivity contribution in [3.8, 4) is 0 Å². The van der Waals surface area contributed by atoms with Gasteiger partial charge in [-0.15, -0.1) is 0 Å². The molecule has 0 aliphatic carbocycles. The Kier molecular flexibility index (Phi) is 6.74. The summed E-state index contributed by atoms with van der Waals surface area (Å²) < 4.78 is 12.7. The summed E-state index contributed by atoms with van der Waals surface area (Å²) in [5, 5.41) is 2.66. The number of nitrogens with zero attached hydrogens (tertiary/aromatic N) is 4. The number of carbonyl (C=O) groups is 2. The molecule has 2 unspecified atom stereocenters. The van der Waals surface area contributed by atoms with Gasteiger partial charge in [0.1, 0.15) is 18.7 Å². The highest BCUT2D eigenvalue weighted by molar-refractivity contribution is 6.03. The summed E-state index contributed by atoms with van der Waals surface area (Å²) in [6.07, 6.45) is 15.1. The predicted octanol–water partition coefficient (Wildman–Crippen LogP) is 1.72. The summed E-state index contributed by atoms with van der Waals surface area (Å²) in [4.78, 5) is 44.7. The summed E-state index contributed by atoms with van der Waals surface area (Å²) in [5.74, 6) is -0.865. The second-order valence-corrected chi connectivity index (χ2v) is 8.16. The molecule has 2 atom stereocenters. The second kappa shape index (κ2) is 9.86. The summed E-state index contributed by atoms with van der Waals surface area (Å²) in [5.41, 5.74) is 0.0559. The molecule has 1 amide bonds. The van der Waals surface area contributed by atoms with E-state index in [1.807, 2.05) is 31.3 Å². The summed E-state index contributed by atoms with van der Waals surface area (Å²) >= 11 is 0. The molecule has 174 valence electrons. The zero-order valence-corrected chi connectivity index (χ0v) is 18.6. The Balaban J connectivity index is 1.29. The van der Waals surface area contributed by atoms with Gasteiger partial charge in [0.25, 0.3) is 5.91 Å². The molecule has 1 aromatic heterocycles. The predicted molar refractivity (Wildman–Crippen MR) is 120 cm³/mol. The van der Waals surface area contributed by atoms with Gasteiger partial charge >= 0.3 is 11.7 Å². The van der Waals surface area contributed by atoms with E-state index < -0.39 is 17.8 Å². The first-order valence-electron chi connectivity index (χ1n) is 10.8. The topological polar surface area (TPSA) is 106 Å². The lowest BCUT2D eigenvalue weighted by Gasteiger charge is -2.19. The largest absolute Gasteiger partial charge is 0.462 e.